The Morgan fingerprint density at radius 2 is 2.00 bits per heavy atom. The summed E-state index contributed by atoms with van der Waals surface area (Å²) in [6.07, 6.45) is 3.76. The van der Waals surface area contributed by atoms with E-state index in [2.05, 4.69) is 62.6 Å². The number of nitrogens with one attached hydrogen (secondary N) is 1. The van der Waals surface area contributed by atoms with Crippen molar-refractivity contribution in [1.82, 2.24) is 20.2 Å². The molecule has 4 nitrogen and oxygen atoms in total. The number of aromatic nitrogens is 2. The number of aryl methyl sites for hydroxylation is 1. The van der Waals surface area contributed by atoms with Crippen LogP contribution in [0.5, 0.6) is 0 Å². The zero-order chi connectivity index (χ0) is 16.4. The third-order valence-electron chi connectivity index (χ3n) is 4.72. The molecule has 0 spiro atoms. The molecule has 0 radical (unpaired) electrons. The second-order valence-corrected chi connectivity index (χ2v) is 6.45. The van der Waals surface area contributed by atoms with Crippen molar-refractivity contribution in [2.45, 2.75) is 19.5 Å². The monoisotopic (exact) mass is 318 g/mol. The zero-order valence-corrected chi connectivity index (χ0v) is 13.9. The zero-order valence-electron chi connectivity index (χ0n) is 13.9. The first-order chi connectivity index (χ1) is 11.8. The summed E-state index contributed by atoms with van der Waals surface area (Å²) in [5.74, 6) is 0. The summed E-state index contributed by atoms with van der Waals surface area (Å²) < 4.78 is 0. The largest absolute Gasteiger partial charge is 0.314 e. The first-order valence-electron chi connectivity index (χ1n) is 8.50. The van der Waals surface area contributed by atoms with E-state index >= 15 is 0 Å². The number of hydrogen-bond donors (Lipinski definition) is 1. The smallest absolute Gasteiger partial charge is 0.0705 e. The summed E-state index contributed by atoms with van der Waals surface area (Å²) in [6, 6.07) is 15.5. The third-order valence-corrected chi connectivity index (χ3v) is 4.72. The molecule has 1 unspecified atom stereocenters. The quantitative estimate of drug-likeness (QED) is 0.806. The molecule has 1 atom stereocenters. The number of nitrogens with zero attached hydrogens (tertiary/aromatic N) is 3. The molecule has 122 valence electrons. The number of fused-ring (bicyclic) bond motifs is 1. The van der Waals surface area contributed by atoms with Gasteiger partial charge in [0, 0.05) is 55.7 Å². The van der Waals surface area contributed by atoms with Crippen LogP contribution in [0.4, 0.5) is 0 Å². The molecular weight excluding hydrogens is 296 g/mol. The molecule has 1 aromatic carbocycles. The summed E-state index contributed by atoms with van der Waals surface area (Å²) in [5.41, 5.74) is 4.81. The minimum atomic E-state index is 0.397. The number of hydrogen-bond acceptors (Lipinski definition) is 4. The topological polar surface area (TPSA) is 41.0 Å². The number of benzene rings is 1. The molecule has 1 N–H and O–H groups in total. The highest BCUT2D eigenvalue weighted by Gasteiger charge is 2.23. The van der Waals surface area contributed by atoms with Crippen molar-refractivity contribution in [2.75, 3.05) is 19.6 Å². The fourth-order valence-corrected chi connectivity index (χ4v) is 3.46. The molecule has 0 saturated carbocycles. The highest BCUT2D eigenvalue weighted by atomic mass is 15.2. The highest BCUT2D eigenvalue weighted by Crippen LogP contribution is 2.24. The van der Waals surface area contributed by atoms with E-state index in [1.165, 1.54) is 16.5 Å². The lowest BCUT2D eigenvalue weighted by atomic mass is 10.0. The molecule has 2 aromatic heterocycles. The summed E-state index contributed by atoms with van der Waals surface area (Å²) in [4.78, 5) is 11.3. The van der Waals surface area contributed by atoms with Gasteiger partial charge in [0.2, 0.25) is 0 Å². The van der Waals surface area contributed by atoms with Gasteiger partial charge < -0.3 is 5.32 Å². The lowest BCUT2D eigenvalue weighted by Crippen LogP contribution is -2.45. The Kier molecular flexibility index (Phi) is 4.24. The van der Waals surface area contributed by atoms with Crippen molar-refractivity contribution in [2.24, 2.45) is 0 Å². The van der Waals surface area contributed by atoms with Gasteiger partial charge >= 0.3 is 0 Å². The molecule has 0 amide bonds. The van der Waals surface area contributed by atoms with Crippen molar-refractivity contribution in [1.29, 1.82) is 0 Å². The van der Waals surface area contributed by atoms with Crippen LogP contribution in [-0.2, 0) is 6.54 Å². The first kappa shape index (κ1) is 15.2. The van der Waals surface area contributed by atoms with Gasteiger partial charge in [-0.25, -0.2) is 0 Å². The van der Waals surface area contributed by atoms with Crippen LogP contribution in [-0.4, -0.2) is 34.5 Å². The van der Waals surface area contributed by atoms with E-state index in [4.69, 9.17) is 0 Å². The Morgan fingerprint density at radius 3 is 2.88 bits per heavy atom. The van der Waals surface area contributed by atoms with Gasteiger partial charge in [-0.15, -0.1) is 0 Å². The maximum atomic E-state index is 4.60. The van der Waals surface area contributed by atoms with Crippen molar-refractivity contribution in [3.63, 3.8) is 0 Å². The Bertz CT molecular complexity index is 831. The van der Waals surface area contributed by atoms with E-state index in [0.29, 0.717) is 6.04 Å². The molecule has 1 saturated heterocycles. The van der Waals surface area contributed by atoms with Crippen LogP contribution < -0.4 is 5.32 Å². The summed E-state index contributed by atoms with van der Waals surface area (Å²) in [5, 5.41) is 4.73. The predicted octanol–water partition coefficient (Wildman–Crippen LogP) is 3.08. The van der Waals surface area contributed by atoms with Crippen LogP contribution in [0.2, 0.25) is 0 Å². The minimum Gasteiger partial charge on any atom is -0.314 e. The minimum absolute atomic E-state index is 0.397. The van der Waals surface area contributed by atoms with E-state index < -0.39 is 0 Å². The Balaban J connectivity index is 1.59. The fourth-order valence-electron chi connectivity index (χ4n) is 3.46. The predicted molar refractivity (Wildman–Crippen MR) is 96.7 cm³/mol. The molecule has 1 aliphatic rings. The second-order valence-electron chi connectivity index (χ2n) is 6.45. The molecule has 1 aliphatic heterocycles. The SMILES string of the molecule is Cc1ccc2cc(CN3CCNCC3c3ccncc3)ccc2n1. The summed E-state index contributed by atoms with van der Waals surface area (Å²) in [6.45, 7) is 6.07. The standard InChI is InChI=1S/C20H22N4/c1-15-2-4-18-12-16(3-5-19(18)23-15)14-24-11-10-22-13-20(24)17-6-8-21-9-7-17/h2-9,12,20,22H,10-11,13-14H2,1H3. The number of pyridine rings is 2. The third kappa shape index (κ3) is 3.16. The van der Waals surface area contributed by atoms with Crippen LogP contribution in [0.1, 0.15) is 22.9 Å². The maximum Gasteiger partial charge on any atom is 0.0705 e. The number of piperazine rings is 1. The van der Waals surface area contributed by atoms with Crippen molar-refractivity contribution >= 4 is 10.9 Å². The van der Waals surface area contributed by atoms with Gasteiger partial charge in [0.05, 0.1) is 5.52 Å². The molecule has 4 rings (SSSR count). The molecule has 24 heavy (non-hydrogen) atoms. The van der Waals surface area contributed by atoms with Crippen LogP contribution >= 0.6 is 0 Å². The molecular formula is C20H22N4. The average molecular weight is 318 g/mol. The average Bonchev–Trinajstić information content (AvgIpc) is 2.63. The Hall–Kier alpha value is -2.30. The first-order valence-corrected chi connectivity index (χ1v) is 8.50. The molecule has 4 heteroatoms. The van der Waals surface area contributed by atoms with E-state index in [1.54, 1.807) is 0 Å². The van der Waals surface area contributed by atoms with E-state index in [-0.39, 0.29) is 0 Å². The molecule has 3 aromatic rings. The van der Waals surface area contributed by atoms with Gasteiger partial charge in [-0.2, -0.15) is 0 Å². The number of rotatable bonds is 3. The molecule has 1 fully saturated rings. The van der Waals surface area contributed by atoms with Crippen LogP contribution in [0.3, 0.4) is 0 Å². The Labute approximate surface area is 142 Å². The van der Waals surface area contributed by atoms with Gasteiger partial charge in [0.15, 0.2) is 0 Å². The van der Waals surface area contributed by atoms with Gasteiger partial charge in [-0.3, -0.25) is 14.9 Å². The van der Waals surface area contributed by atoms with Gasteiger partial charge in [0.25, 0.3) is 0 Å². The lowest BCUT2D eigenvalue weighted by molar-refractivity contribution is 0.154. The van der Waals surface area contributed by atoms with Crippen LogP contribution in [0.15, 0.2) is 54.9 Å². The van der Waals surface area contributed by atoms with Crippen molar-refractivity contribution in [3.05, 3.63) is 71.7 Å². The van der Waals surface area contributed by atoms with Crippen molar-refractivity contribution < 1.29 is 0 Å². The van der Waals surface area contributed by atoms with E-state index in [9.17, 15) is 0 Å². The summed E-state index contributed by atoms with van der Waals surface area (Å²) in [7, 11) is 0. The second kappa shape index (κ2) is 6.67. The van der Waals surface area contributed by atoms with Crippen molar-refractivity contribution in [3.8, 4) is 0 Å². The molecule has 3 heterocycles. The normalized spacial score (nSPS) is 18.8. The van der Waals surface area contributed by atoms with Gasteiger partial charge in [-0.05, 0) is 48.4 Å². The lowest BCUT2D eigenvalue weighted by Gasteiger charge is -2.36. The van der Waals surface area contributed by atoms with E-state index in [0.717, 1.165) is 37.4 Å². The highest BCUT2D eigenvalue weighted by molar-refractivity contribution is 5.79. The Morgan fingerprint density at radius 1 is 1.12 bits per heavy atom. The van der Waals surface area contributed by atoms with Crippen LogP contribution in [0, 0.1) is 6.92 Å². The van der Waals surface area contributed by atoms with Crippen LogP contribution in [0.25, 0.3) is 10.9 Å². The van der Waals surface area contributed by atoms with E-state index in [1.807, 2.05) is 19.3 Å². The molecule has 0 bridgehead atoms. The van der Waals surface area contributed by atoms with Gasteiger partial charge in [0.1, 0.15) is 0 Å². The fraction of sp³-hybridized carbons (Fsp3) is 0.300. The maximum absolute atomic E-state index is 4.60. The summed E-state index contributed by atoms with van der Waals surface area (Å²) >= 11 is 0. The van der Waals surface area contributed by atoms with Gasteiger partial charge in [-0.1, -0.05) is 12.1 Å². The molecule has 0 aliphatic carbocycles.